The molecule has 4 heterocycles. The predicted octanol–water partition coefficient (Wildman–Crippen LogP) is 9.85. The number of hydrogen-bond donors (Lipinski definition) is 2. The predicted molar refractivity (Wildman–Crippen MR) is 201 cm³/mol. The molecule has 0 radical (unpaired) electrons. The lowest BCUT2D eigenvalue weighted by Crippen LogP contribution is -2.47. The highest BCUT2D eigenvalue weighted by molar-refractivity contribution is 7.19. The van der Waals surface area contributed by atoms with Crippen LogP contribution in [0.5, 0.6) is 0 Å². The smallest absolute Gasteiger partial charge is 0.324 e. The van der Waals surface area contributed by atoms with Crippen LogP contribution in [0, 0.1) is 19.8 Å². The van der Waals surface area contributed by atoms with Crippen molar-refractivity contribution >= 4 is 56.5 Å². The number of nitrogens with one attached hydrogen (secondary N) is 2. The molecule has 7 rings (SSSR count). The average molecular weight is 694 g/mol. The number of aryl methyl sites for hydroxylation is 2. The van der Waals surface area contributed by atoms with E-state index in [1.807, 2.05) is 54.6 Å². The number of rotatable bonds is 7. The van der Waals surface area contributed by atoms with Crippen LogP contribution in [0.1, 0.15) is 73.7 Å². The fourth-order valence-corrected chi connectivity index (χ4v) is 8.97. The van der Waals surface area contributed by atoms with Crippen LogP contribution in [-0.2, 0) is 23.1 Å². The van der Waals surface area contributed by atoms with E-state index in [2.05, 4.69) is 68.4 Å². The molecule has 49 heavy (non-hydrogen) atoms. The summed E-state index contributed by atoms with van der Waals surface area (Å²) in [5.41, 5.74) is 5.90. The first-order valence-electron chi connectivity index (χ1n) is 17.2. The maximum absolute atomic E-state index is 13.7. The van der Waals surface area contributed by atoms with E-state index in [1.165, 1.54) is 15.8 Å². The molecule has 0 aliphatic carbocycles. The van der Waals surface area contributed by atoms with Crippen LogP contribution in [0.2, 0.25) is 5.02 Å². The summed E-state index contributed by atoms with van der Waals surface area (Å²) in [4.78, 5) is 30.3. The number of amides is 3. The van der Waals surface area contributed by atoms with Gasteiger partial charge >= 0.3 is 6.03 Å². The first-order chi connectivity index (χ1) is 23.4. The van der Waals surface area contributed by atoms with Gasteiger partial charge in [0, 0.05) is 43.9 Å². The molecule has 9 heteroatoms. The minimum atomic E-state index is -0.312. The first-order valence-corrected chi connectivity index (χ1v) is 18.4. The molecule has 0 spiro atoms. The van der Waals surface area contributed by atoms with E-state index < -0.39 is 0 Å². The molecule has 5 aromatic rings. The van der Waals surface area contributed by atoms with E-state index in [0.29, 0.717) is 30.2 Å². The molecule has 2 unspecified atom stereocenters. The third kappa shape index (κ3) is 7.12. The second-order valence-corrected chi connectivity index (χ2v) is 16.5. The van der Waals surface area contributed by atoms with Gasteiger partial charge in [0.05, 0.1) is 17.8 Å². The highest BCUT2D eigenvalue weighted by Gasteiger charge is 2.43. The summed E-state index contributed by atoms with van der Waals surface area (Å²) in [6, 6.07) is 24.5. The Labute approximate surface area is 297 Å². The largest absolute Gasteiger partial charge is 0.336 e. The van der Waals surface area contributed by atoms with Crippen LogP contribution in [-0.4, -0.2) is 38.7 Å². The van der Waals surface area contributed by atoms with E-state index in [-0.39, 0.29) is 17.4 Å². The van der Waals surface area contributed by atoms with Crippen molar-refractivity contribution in [3.8, 4) is 5.69 Å². The maximum Gasteiger partial charge on any atom is 0.324 e. The van der Waals surface area contributed by atoms with E-state index in [4.69, 9.17) is 16.7 Å². The van der Waals surface area contributed by atoms with Gasteiger partial charge in [0.15, 0.2) is 0 Å². The van der Waals surface area contributed by atoms with Gasteiger partial charge in [-0.3, -0.25) is 10.1 Å². The summed E-state index contributed by atoms with van der Waals surface area (Å²) in [5, 5.41) is 12.8. The normalized spacial score (nSPS) is 19.0. The Morgan fingerprint density at radius 3 is 2.39 bits per heavy atom. The van der Waals surface area contributed by atoms with Crippen molar-refractivity contribution in [1.29, 1.82) is 0 Å². The summed E-state index contributed by atoms with van der Waals surface area (Å²) in [5.74, 6) is 1.37. The average Bonchev–Trinajstić information content (AvgIpc) is 3.69. The minimum Gasteiger partial charge on any atom is -0.336 e. The fraction of sp³-hybridized carbons (Fsp3) is 0.375. The van der Waals surface area contributed by atoms with Gasteiger partial charge in [-0.1, -0.05) is 62.2 Å². The van der Waals surface area contributed by atoms with Gasteiger partial charge in [-0.05, 0) is 111 Å². The lowest BCUT2D eigenvalue weighted by Gasteiger charge is -2.39. The SMILES string of the molecule is Cc1ccc(-n2nc(C(C)(C)C)cc2NC(=O)Nc2cccc(CC3CC4CCC(C3)N4C(=O)Cc3sc4ccc(Cl)cc4c3C)c2)cc1. The number of halogens is 1. The molecule has 0 saturated carbocycles. The lowest BCUT2D eigenvalue weighted by atomic mass is 9.85. The molecule has 3 aromatic carbocycles. The molecule has 2 aliphatic heterocycles. The summed E-state index contributed by atoms with van der Waals surface area (Å²) in [6.07, 6.45) is 5.57. The Balaban J connectivity index is 0.985. The number of thiophene rings is 1. The summed E-state index contributed by atoms with van der Waals surface area (Å²) in [6.45, 7) is 10.5. The lowest BCUT2D eigenvalue weighted by molar-refractivity contribution is -0.135. The number of carbonyl (C=O) groups excluding carboxylic acids is 2. The molecule has 254 valence electrons. The number of aromatic nitrogens is 2. The highest BCUT2D eigenvalue weighted by Crippen LogP contribution is 2.41. The van der Waals surface area contributed by atoms with Gasteiger partial charge in [-0.15, -0.1) is 11.3 Å². The molecule has 2 saturated heterocycles. The summed E-state index contributed by atoms with van der Waals surface area (Å²) < 4.78 is 2.98. The summed E-state index contributed by atoms with van der Waals surface area (Å²) in [7, 11) is 0. The van der Waals surface area contributed by atoms with Crippen molar-refractivity contribution in [2.24, 2.45) is 5.92 Å². The van der Waals surface area contributed by atoms with Crippen molar-refractivity contribution in [3.05, 3.63) is 105 Å². The molecule has 2 bridgehead atoms. The van der Waals surface area contributed by atoms with Crippen LogP contribution >= 0.6 is 22.9 Å². The Morgan fingerprint density at radius 1 is 0.939 bits per heavy atom. The van der Waals surface area contributed by atoms with Gasteiger partial charge in [0.2, 0.25) is 5.91 Å². The fourth-order valence-electron chi connectivity index (χ4n) is 7.61. The standard InChI is InChI=1S/C40H44ClN5O2S/c1-24-9-12-30(13-10-24)46-37(23-36(44-46)40(3,4)5)43-39(48)42-29-8-6-7-26(18-29)17-27-19-31-14-15-32(20-27)45(31)38(47)22-35-25(2)33-21-28(41)11-16-34(33)49-35/h6-13,16,18,21,23,27,31-32H,14-15,17,19-20,22H2,1-5H3,(H2,42,43,48). The Hall–Kier alpha value is -4.14. The molecule has 2 fully saturated rings. The second-order valence-electron chi connectivity index (χ2n) is 14.9. The molecule has 2 aromatic heterocycles. The first kappa shape index (κ1) is 33.4. The van der Waals surface area contributed by atoms with Crippen molar-refractivity contribution in [3.63, 3.8) is 0 Å². The Bertz CT molecular complexity index is 2010. The third-order valence-electron chi connectivity index (χ3n) is 10.1. The molecular weight excluding hydrogens is 650 g/mol. The van der Waals surface area contributed by atoms with Crippen molar-refractivity contribution in [2.45, 2.75) is 90.6 Å². The van der Waals surface area contributed by atoms with Gasteiger partial charge in [0.25, 0.3) is 0 Å². The number of nitrogens with zero attached hydrogens (tertiary/aromatic N) is 3. The van der Waals surface area contributed by atoms with Gasteiger partial charge in [0.1, 0.15) is 5.82 Å². The van der Waals surface area contributed by atoms with E-state index in [0.717, 1.165) is 70.0 Å². The number of hydrogen-bond acceptors (Lipinski definition) is 4. The number of benzene rings is 3. The third-order valence-corrected chi connectivity index (χ3v) is 11.6. The minimum absolute atomic E-state index is 0.173. The number of urea groups is 1. The van der Waals surface area contributed by atoms with Crippen LogP contribution < -0.4 is 10.6 Å². The number of carbonyl (C=O) groups is 2. The quantitative estimate of drug-likeness (QED) is 0.178. The van der Waals surface area contributed by atoms with E-state index in [1.54, 1.807) is 16.0 Å². The van der Waals surface area contributed by atoms with Gasteiger partial charge in [-0.2, -0.15) is 5.10 Å². The molecule has 3 amide bonds. The van der Waals surface area contributed by atoms with Crippen molar-refractivity contribution < 1.29 is 9.59 Å². The zero-order valence-electron chi connectivity index (χ0n) is 28.8. The van der Waals surface area contributed by atoms with Crippen molar-refractivity contribution in [1.82, 2.24) is 14.7 Å². The number of anilines is 2. The van der Waals surface area contributed by atoms with Crippen LogP contribution in [0.15, 0.2) is 72.8 Å². The number of fused-ring (bicyclic) bond motifs is 3. The summed E-state index contributed by atoms with van der Waals surface area (Å²) >= 11 is 7.97. The Kier molecular flexibility index (Phi) is 9.05. The highest BCUT2D eigenvalue weighted by atomic mass is 35.5. The monoisotopic (exact) mass is 693 g/mol. The van der Waals surface area contributed by atoms with Crippen LogP contribution in [0.3, 0.4) is 0 Å². The van der Waals surface area contributed by atoms with Crippen LogP contribution in [0.4, 0.5) is 16.3 Å². The van der Waals surface area contributed by atoms with E-state index in [9.17, 15) is 9.59 Å². The topological polar surface area (TPSA) is 79.3 Å². The Morgan fingerprint density at radius 2 is 1.67 bits per heavy atom. The second kappa shape index (κ2) is 13.3. The molecule has 2 N–H and O–H groups in total. The van der Waals surface area contributed by atoms with Gasteiger partial charge in [-0.25, -0.2) is 9.48 Å². The zero-order chi connectivity index (χ0) is 34.4. The zero-order valence-corrected chi connectivity index (χ0v) is 30.4. The number of piperidine rings is 1. The van der Waals surface area contributed by atoms with E-state index >= 15 is 0 Å². The molecular formula is C40H44ClN5O2S. The van der Waals surface area contributed by atoms with Crippen LogP contribution in [0.25, 0.3) is 15.8 Å². The molecule has 2 atom stereocenters. The molecule has 2 aliphatic rings. The molecule has 7 nitrogen and oxygen atoms in total. The van der Waals surface area contributed by atoms with Crippen molar-refractivity contribution in [2.75, 3.05) is 10.6 Å². The van der Waals surface area contributed by atoms with Gasteiger partial charge < -0.3 is 10.2 Å². The maximum atomic E-state index is 13.7.